The van der Waals surface area contributed by atoms with Gasteiger partial charge in [0, 0.05) is 11.4 Å². The molecule has 0 spiro atoms. The Hall–Kier alpha value is -2.87. The number of nitriles is 1. The quantitative estimate of drug-likeness (QED) is 0.591. The number of thiocarbonyl (C=S) groups is 1. The minimum atomic E-state index is -4.67. The molecule has 0 aliphatic carbocycles. The molecule has 0 amide bonds. The van der Waals surface area contributed by atoms with Crippen LogP contribution in [0.5, 0.6) is 5.75 Å². The van der Waals surface area contributed by atoms with Gasteiger partial charge in [-0.25, -0.2) is 0 Å². The Balaban J connectivity index is 1.67. The SMILES string of the molecule is CC1(C)COCN(c2ccc(C#N)c(C(F)(F)F)c2)C(=S)N1c1ccc(OC2COC2)cc1. The minimum absolute atomic E-state index is 0.0230. The van der Waals surface area contributed by atoms with Gasteiger partial charge in [0.05, 0.1) is 42.6 Å². The van der Waals surface area contributed by atoms with Crippen molar-refractivity contribution < 1.29 is 27.4 Å². The van der Waals surface area contributed by atoms with Gasteiger partial charge in [0.25, 0.3) is 0 Å². The Kier molecular flexibility index (Phi) is 6.22. The van der Waals surface area contributed by atoms with E-state index in [1.807, 2.05) is 43.0 Å². The van der Waals surface area contributed by atoms with Crippen LogP contribution in [0.15, 0.2) is 42.5 Å². The van der Waals surface area contributed by atoms with E-state index in [1.165, 1.54) is 11.0 Å². The van der Waals surface area contributed by atoms with E-state index in [9.17, 15) is 13.2 Å². The monoisotopic (exact) mass is 477 g/mol. The molecule has 2 saturated heterocycles. The van der Waals surface area contributed by atoms with Crippen LogP contribution in [0.2, 0.25) is 0 Å². The summed E-state index contributed by atoms with van der Waals surface area (Å²) in [5, 5.41) is 9.38. The first-order chi connectivity index (χ1) is 15.6. The molecule has 2 aliphatic rings. The number of benzene rings is 2. The fourth-order valence-electron chi connectivity index (χ4n) is 3.71. The van der Waals surface area contributed by atoms with Crippen molar-refractivity contribution in [3.05, 3.63) is 53.6 Å². The molecule has 0 atom stereocenters. The molecule has 0 bridgehead atoms. The first-order valence-corrected chi connectivity index (χ1v) is 10.7. The average molecular weight is 478 g/mol. The summed E-state index contributed by atoms with van der Waals surface area (Å²) >= 11 is 5.75. The second-order valence-corrected chi connectivity index (χ2v) is 8.81. The molecule has 0 radical (unpaired) electrons. The van der Waals surface area contributed by atoms with Gasteiger partial charge in [-0.05, 0) is 68.5 Å². The van der Waals surface area contributed by atoms with Gasteiger partial charge in [-0.2, -0.15) is 18.4 Å². The molecule has 2 aromatic carbocycles. The molecule has 0 saturated carbocycles. The number of rotatable bonds is 4. The molecule has 4 rings (SSSR count). The van der Waals surface area contributed by atoms with Gasteiger partial charge in [0.1, 0.15) is 18.6 Å². The van der Waals surface area contributed by atoms with Crippen LogP contribution in [0.25, 0.3) is 0 Å². The van der Waals surface area contributed by atoms with E-state index in [0.29, 0.717) is 25.6 Å². The van der Waals surface area contributed by atoms with Crippen molar-refractivity contribution in [3.63, 3.8) is 0 Å². The number of nitrogens with zero attached hydrogens (tertiary/aromatic N) is 3. The third-order valence-electron chi connectivity index (χ3n) is 5.45. The number of alkyl halides is 3. The summed E-state index contributed by atoms with van der Waals surface area (Å²) in [5.74, 6) is 0.695. The number of hydrogen-bond acceptors (Lipinski definition) is 5. The van der Waals surface area contributed by atoms with Crippen molar-refractivity contribution in [1.29, 1.82) is 5.26 Å². The molecule has 2 heterocycles. The fourth-order valence-corrected chi connectivity index (χ4v) is 4.22. The molecule has 2 aliphatic heterocycles. The minimum Gasteiger partial charge on any atom is -0.486 e. The largest absolute Gasteiger partial charge is 0.486 e. The lowest BCUT2D eigenvalue weighted by molar-refractivity contribution is -0.137. The molecule has 33 heavy (non-hydrogen) atoms. The van der Waals surface area contributed by atoms with Gasteiger partial charge in [0.2, 0.25) is 0 Å². The lowest BCUT2D eigenvalue weighted by Crippen LogP contribution is -2.52. The summed E-state index contributed by atoms with van der Waals surface area (Å²) in [4.78, 5) is 3.35. The van der Waals surface area contributed by atoms with Gasteiger partial charge in [-0.15, -0.1) is 0 Å². The summed E-state index contributed by atoms with van der Waals surface area (Å²) in [7, 11) is 0. The van der Waals surface area contributed by atoms with Crippen LogP contribution in [0.1, 0.15) is 25.0 Å². The first-order valence-electron chi connectivity index (χ1n) is 10.3. The van der Waals surface area contributed by atoms with Crippen molar-refractivity contribution in [2.75, 3.05) is 36.4 Å². The highest BCUT2D eigenvalue weighted by atomic mass is 32.1. The fraction of sp³-hybridized carbons (Fsp3) is 0.391. The molecule has 0 unspecified atom stereocenters. The molecule has 10 heteroatoms. The zero-order valence-corrected chi connectivity index (χ0v) is 18.9. The smallest absolute Gasteiger partial charge is 0.417 e. The molecule has 6 nitrogen and oxygen atoms in total. The predicted octanol–water partition coefficient (Wildman–Crippen LogP) is 4.72. The van der Waals surface area contributed by atoms with Crippen molar-refractivity contribution >= 4 is 28.7 Å². The summed E-state index contributed by atoms with van der Waals surface area (Å²) in [6, 6.07) is 12.5. The van der Waals surface area contributed by atoms with Crippen LogP contribution in [0.4, 0.5) is 24.5 Å². The molecule has 174 valence electrons. The molecule has 0 aromatic heterocycles. The van der Waals surface area contributed by atoms with Crippen LogP contribution in [0.3, 0.4) is 0 Å². The Morgan fingerprint density at radius 2 is 1.76 bits per heavy atom. The van der Waals surface area contributed by atoms with Gasteiger partial charge >= 0.3 is 6.18 Å². The highest BCUT2D eigenvalue weighted by Crippen LogP contribution is 2.37. The van der Waals surface area contributed by atoms with Crippen LogP contribution in [-0.2, 0) is 15.7 Å². The summed E-state index contributed by atoms with van der Waals surface area (Å²) in [5.41, 5.74) is -1.09. The molecular formula is C23H22F3N3O3S. The Morgan fingerprint density at radius 3 is 2.33 bits per heavy atom. The summed E-state index contributed by atoms with van der Waals surface area (Å²) in [6.07, 6.45) is -4.63. The van der Waals surface area contributed by atoms with E-state index in [4.69, 9.17) is 31.7 Å². The predicted molar refractivity (Wildman–Crippen MR) is 120 cm³/mol. The van der Waals surface area contributed by atoms with Gasteiger partial charge in [-0.3, -0.25) is 4.90 Å². The van der Waals surface area contributed by atoms with Crippen LogP contribution in [-0.4, -0.2) is 43.3 Å². The normalized spacial score (nSPS) is 19.0. The maximum Gasteiger partial charge on any atom is 0.417 e. The topological polar surface area (TPSA) is 58.0 Å². The number of ether oxygens (including phenoxy) is 3. The number of halogens is 3. The van der Waals surface area contributed by atoms with E-state index in [0.717, 1.165) is 17.8 Å². The zero-order chi connectivity index (χ0) is 23.8. The third kappa shape index (κ3) is 4.76. The zero-order valence-electron chi connectivity index (χ0n) is 18.1. The number of hydrogen-bond donors (Lipinski definition) is 0. The Bertz CT molecular complexity index is 1080. The number of anilines is 2. The molecule has 2 aromatic rings. The van der Waals surface area contributed by atoms with Gasteiger partial charge in [0.15, 0.2) is 5.11 Å². The highest BCUT2D eigenvalue weighted by molar-refractivity contribution is 7.80. The van der Waals surface area contributed by atoms with Crippen LogP contribution < -0.4 is 14.5 Å². The second kappa shape index (κ2) is 8.82. The summed E-state index contributed by atoms with van der Waals surface area (Å²) in [6.45, 7) is 5.27. The van der Waals surface area contributed by atoms with E-state index in [2.05, 4.69) is 0 Å². The molecular weight excluding hydrogens is 455 g/mol. The summed E-state index contributed by atoms with van der Waals surface area (Å²) < 4.78 is 57.3. The molecule has 0 N–H and O–H groups in total. The maximum atomic E-state index is 13.5. The van der Waals surface area contributed by atoms with Gasteiger partial charge < -0.3 is 19.1 Å². The van der Waals surface area contributed by atoms with Crippen molar-refractivity contribution in [3.8, 4) is 11.8 Å². The van der Waals surface area contributed by atoms with Crippen molar-refractivity contribution in [2.24, 2.45) is 0 Å². The van der Waals surface area contributed by atoms with Crippen LogP contribution >= 0.6 is 12.2 Å². The highest BCUT2D eigenvalue weighted by Gasteiger charge is 2.38. The van der Waals surface area contributed by atoms with Crippen molar-refractivity contribution in [1.82, 2.24) is 0 Å². The maximum absolute atomic E-state index is 13.5. The van der Waals surface area contributed by atoms with Crippen molar-refractivity contribution in [2.45, 2.75) is 31.7 Å². The van der Waals surface area contributed by atoms with E-state index in [1.54, 1.807) is 6.07 Å². The standard InChI is InChI=1S/C23H22F3N3O3S/c1-22(2)13-31-14-28(17-4-3-15(10-27)20(9-17)23(24,25)26)21(33)29(22)16-5-7-18(8-6-16)32-19-11-30-12-19/h3-9,19H,11-14H2,1-2H3. The molecule has 2 fully saturated rings. The van der Waals surface area contributed by atoms with Crippen LogP contribution in [0, 0.1) is 11.3 Å². The van der Waals surface area contributed by atoms with E-state index >= 15 is 0 Å². The second-order valence-electron chi connectivity index (χ2n) is 8.45. The average Bonchev–Trinajstić information content (AvgIpc) is 2.85. The third-order valence-corrected chi connectivity index (χ3v) is 5.85. The van der Waals surface area contributed by atoms with Gasteiger partial charge in [-0.1, -0.05) is 0 Å². The van der Waals surface area contributed by atoms with E-state index in [-0.39, 0.29) is 23.6 Å². The lowest BCUT2D eigenvalue weighted by atomic mass is 10.0. The van der Waals surface area contributed by atoms with E-state index < -0.39 is 22.8 Å². The lowest BCUT2D eigenvalue weighted by Gasteiger charge is -2.39. The first kappa shape index (κ1) is 23.3. The Morgan fingerprint density at radius 1 is 1.09 bits per heavy atom. The Labute approximate surface area is 195 Å².